The first-order chi connectivity index (χ1) is 12.1. The van der Waals surface area contributed by atoms with Crippen LogP contribution in [-0.4, -0.2) is 11.2 Å². The van der Waals surface area contributed by atoms with Crippen LogP contribution in [0, 0.1) is 5.82 Å². The third kappa shape index (κ3) is 4.68. The quantitative estimate of drug-likeness (QED) is 0.489. The zero-order chi connectivity index (χ0) is 17.6. The number of nitrogen functional groups attached to an aromatic ring is 1. The molecule has 3 rings (SSSR count). The molecule has 0 saturated heterocycles. The highest BCUT2D eigenvalue weighted by molar-refractivity contribution is 7.14. The monoisotopic (exact) mass is 376 g/mol. The zero-order valence-corrected chi connectivity index (χ0v) is 14.5. The van der Waals surface area contributed by atoms with Crippen molar-refractivity contribution in [3.8, 4) is 5.75 Å². The van der Waals surface area contributed by atoms with Crippen LogP contribution in [-0.2, 0) is 6.61 Å². The molecule has 3 N–H and O–H groups in total. The molecular weight excluding hydrogens is 363 g/mol. The summed E-state index contributed by atoms with van der Waals surface area (Å²) >= 11 is 7.38. The maximum Gasteiger partial charge on any atom is 0.205 e. The summed E-state index contributed by atoms with van der Waals surface area (Å²) in [6.07, 6.45) is 1.48. The van der Waals surface area contributed by atoms with E-state index in [-0.39, 0.29) is 12.4 Å². The molecule has 0 bridgehead atoms. The van der Waals surface area contributed by atoms with E-state index in [0.29, 0.717) is 21.5 Å². The van der Waals surface area contributed by atoms with Gasteiger partial charge >= 0.3 is 0 Å². The molecule has 0 amide bonds. The van der Waals surface area contributed by atoms with Crippen LogP contribution < -0.4 is 15.9 Å². The number of nitrogens with one attached hydrogen (secondary N) is 1. The molecule has 0 aliphatic rings. The molecule has 0 unspecified atom stereocenters. The van der Waals surface area contributed by atoms with E-state index in [0.717, 1.165) is 5.56 Å². The first-order valence-corrected chi connectivity index (χ1v) is 8.53. The van der Waals surface area contributed by atoms with E-state index in [1.165, 1.54) is 23.6 Å². The predicted molar refractivity (Wildman–Crippen MR) is 99.9 cm³/mol. The molecule has 0 saturated carbocycles. The van der Waals surface area contributed by atoms with Gasteiger partial charge in [0, 0.05) is 16.0 Å². The molecular formula is C17H14ClFN4OS. The number of halogens is 2. The van der Waals surface area contributed by atoms with E-state index < -0.39 is 5.82 Å². The van der Waals surface area contributed by atoms with Crippen molar-refractivity contribution in [2.45, 2.75) is 6.61 Å². The lowest BCUT2D eigenvalue weighted by atomic mass is 10.2. The van der Waals surface area contributed by atoms with Crippen LogP contribution in [0.3, 0.4) is 0 Å². The minimum absolute atomic E-state index is 0.151. The Morgan fingerprint density at radius 1 is 1.32 bits per heavy atom. The number of anilines is 2. The van der Waals surface area contributed by atoms with E-state index >= 15 is 0 Å². The summed E-state index contributed by atoms with van der Waals surface area (Å²) in [5, 5.41) is 6.84. The van der Waals surface area contributed by atoms with Crippen LogP contribution in [0.5, 0.6) is 5.75 Å². The Hall–Kier alpha value is -2.64. The first-order valence-electron chi connectivity index (χ1n) is 7.27. The second-order valence-corrected chi connectivity index (χ2v) is 6.28. The average molecular weight is 377 g/mol. The van der Waals surface area contributed by atoms with E-state index in [2.05, 4.69) is 15.5 Å². The van der Waals surface area contributed by atoms with Crippen molar-refractivity contribution >= 4 is 40.1 Å². The topological polar surface area (TPSA) is 72.5 Å². The minimum atomic E-state index is -0.477. The van der Waals surface area contributed by atoms with Gasteiger partial charge in [0.1, 0.15) is 12.4 Å². The summed E-state index contributed by atoms with van der Waals surface area (Å²) in [6, 6.07) is 11.9. The average Bonchev–Trinajstić information content (AvgIpc) is 3.01. The van der Waals surface area contributed by atoms with Gasteiger partial charge in [-0.15, -0.1) is 11.3 Å². The van der Waals surface area contributed by atoms with Crippen molar-refractivity contribution in [3.05, 3.63) is 69.8 Å². The van der Waals surface area contributed by atoms with Gasteiger partial charge in [-0.3, -0.25) is 5.43 Å². The second-order valence-electron chi connectivity index (χ2n) is 5.02. The van der Waals surface area contributed by atoms with Crippen LogP contribution in [0.4, 0.5) is 15.3 Å². The summed E-state index contributed by atoms with van der Waals surface area (Å²) in [5.74, 6) is 0.0981. The summed E-state index contributed by atoms with van der Waals surface area (Å²) in [5.41, 5.74) is 9.62. The lowest BCUT2D eigenvalue weighted by Crippen LogP contribution is -1.99. The number of hydrazone groups is 1. The highest BCUT2D eigenvalue weighted by Gasteiger charge is 2.06. The Balaban J connectivity index is 1.61. The number of thiazole rings is 1. The number of hydrogen-bond acceptors (Lipinski definition) is 6. The molecule has 5 nitrogen and oxygen atoms in total. The van der Waals surface area contributed by atoms with Gasteiger partial charge in [0.2, 0.25) is 5.13 Å². The standard InChI is InChI=1S/C17H14ClFN4OS/c18-13-4-2-1-3-12(13)9-24-15-6-5-11(7-14(15)19)8-21-23-17-22-16(20)10-25-17/h1-8,10H,9,20H2,(H,22,23). The van der Waals surface area contributed by atoms with Gasteiger partial charge in [-0.25, -0.2) is 9.37 Å². The van der Waals surface area contributed by atoms with Gasteiger partial charge in [0.15, 0.2) is 11.6 Å². The molecule has 0 fully saturated rings. The Kier molecular flexibility index (Phi) is 5.47. The Bertz CT molecular complexity index is 900. The van der Waals surface area contributed by atoms with Gasteiger partial charge < -0.3 is 10.5 Å². The van der Waals surface area contributed by atoms with Crippen LogP contribution >= 0.6 is 22.9 Å². The largest absolute Gasteiger partial charge is 0.486 e. The molecule has 0 radical (unpaired) electrons. The molecule has 8 heteroatoms. The van der Waals surface area contributed by atoms with Crippen molar-refractivity contribution in [2.24, 2.45) is 5.10 Å². The number of benzene rings is 2. The van der Waals surface area contributed by atoms with Crippen molar-refractivity contribution < 1.29 is 9.13 Å². The number of aromatic nitrogens is 1. The van der Waals surface area contributed by atoms with Gasteiger partial charge in [-0.1, -0.05) is 29.8 Å². The number of hydrogen-bond donors (Lipinski definition) is 2. The maximum atomic E-state index is 14.1. The Morgan fingerprint density at radius 3 is 2.88 bits per heavy atom. The smallest absolute Gasteiger partial charge is 0.205 e. The number of nitrogens with two attached hydrogens (primary N) is 1. The SMILES string of the molecule is Nc1csc(NN=Cc2ccc(OCc3ccccc3Cl)c(F)c2)n1. The van der Waals surface area contributed by atoms with Crippen LogP contribution in [0.1, 0.15) is 11.1 Å². The lowest BCUT2D eigenvalue weighted by Gasteiger charge is -2.09. The number of ether oxygens (including phenoxy) is 1. The molecule has 1 heterocycles. The van der Waals surface area contributed by atoms with Crippen LogP contribution in [0.15, 0.2) is 52.9 Å². The van der Waals surface area contributed by atoms with Gasteiger partial charge in [0.05, 0.1) is 6.21 Å². The zero-order valence-electron chi connectivity index (χ0n) is 12.9. The fourth-order valence-electron chi connectivity index (χ4n) is 1.98. The molecule has 0 aliphatic heterocycles. The van der Waals surface area contributed by atoms with Crippen LogP contribution in [0.2, 0.25) is 5.02 Å². The summed E-state index contributed by atoms with van der Waals surface area (Å²) in [7, 11) is 0. The fraction of sp³-hybridized carbons (Fsp3) is 0.0588. The lowest BCUT2D eigenvalue weighted by molar-refractivity contribution is 0.290. The van der Waals surface area contributed by atoms with E-state index in [1.54, 1.807) is 23.6 Å². The van der Waals surface area contributed by atoms with E-state index in [1.807, 2.05) is 18.2 Å². The Labute approximate surface area is 152 Å². The molecule has 128 valence electrons. The van der Waals surface area contributed by atoms with Gasteiger partial charge in [0.25, 0.3) is 0 Å². The third-order valence-electron chi connectivity index (χ3n) is 3.19. The van der Waals surface area contributed by atoms with Crippen LogP contribution in [0.25, 0.3) is 0 Å². The van der Waals surface area contributed by atoms with E-state index in [9.17, 15) is 4.39 Å². The number of nitrogens with zero attached hydrogens (tertiary/aromatic N) is 2. The number of rotatable bonds is 6. The molecule has 0 atom stereocenters. The second kappa shape index (κ2) is 7.96. The normalized spacial score (nSPS) is 11.0. The van der Waals surface area contributed by atoms with E-state index in [4.69, 9.17) is 22.1 Å². The Morgan fingerprint density at radius 2 is 2.16 bits per heavy atom. The molecule has 1 aromatic heterocycles. The highest BCUT2D eigenvalue weighted by Crippen LogP contribution is 2.22. The molecule has 25 heavy (non-hydrogen) atoms. The van der Waals surface area contributed by atoms with Crippen molar-refractivity contribution in [2.75, 3.05) is 11.2 Å². The minimum Gasteiger partial charge on any atom is -0.486 e. The van der Waals surface area contributed by atoms with Gasteiger partial charge in [-0.2, -0.15) is 5.10 Å². The summed E-state index contributed by atoms with van der Waals surface area (Å²) < 4.78 is 19.6. The molecule has 2 aromatic carbocycles. The predicted octanol–water partition coefficient (Wildman–Crippen LogP) is 4.54. The molecule has 3 aromatic rings. The summed E-state index contributed by atoms with van der Waals surface area (Å²) in [4.78, 5) is 4.00. The molecule has 0 spiro atoms. The fourth-order valence-corrected chi connectivity index (χ4v) is 2.72. The van der Waals surface area contributed by atoms with Gasteiger partial charge in [-0.05, 0) is 29.8 Å². The van der Waals surface area contributed by atoms with Crippen molar-refractivity contribution in [1.29, 1.82) is 0 Å². The first kappa shape index (κ1) is 17.2. The highest BCUT2D eigenvalue weighted by atomic mass is 35.5. The third-order valence-corrected chi connectivity index (χ3v) is 4.33. The van der Waals surface area contributed by atoms with Crippen molar-refractivity contribution in [1.82, 2.24) is 4.98 Å². The summed E-state index contributed by atoms with van der Waals surface area (Å²) in [6.45, 7) is 0.192. The molecule has 0 aliphatic carbocycles. The van der Waals surface area contributed by atoms with Crippen molar-refractivity contribution in [3.63, 3.8) is 0 Å². The maximum absolute atomic E-state index is 14.1.